The molecule has 0 unspecified atom stereocenters. The summed E-state index contributed by atoms with van der Waals surface area (Å²) in [7, 11) is 0. The number of nitrogens with two attached hydrogens (primary N) is 1. The lowest BCUT2D eigenvalue weighted by Gasteiger charge is -2.11. The van der Waals surface area contributed by atoms with Gasteiger partial charge >= 0.3 is 0 Å². The van der Waals surface area contributed by atoms with E-state index >= 15 is 0 Å². The quantitative estimate of drug-likeness (QED) is 0.782. The molecule has 1 atom stereocenters. The molecule has 0 bridgehead atoms. The number of hydrogen-bond donors (Lipinski definition) is 3. The Morgan fingerprint density at radius 2 is 1.89 bits per heavy atom. The predicted octanol–water partition coefficient (Wildman–Crippen LogP) is 1.66. The van der Waals surface area contributed by atoms with Gasteiger partial charge in [0.1, 0.15) is 0 Å². The van der Waals surface area contributed by atoms with Gasteiger partial charge in [0.2, 0.25) is 11.8 Å². The number of aryl methyl sites for hydroxylation is 1. The monoisotopic (exact) mass is 271 g/mol. The molecule has 0 heterocycles. The van der Waals surface area contributed by atoms with Gasteiger partial charge in [0, 0.05) is 18.3 Å². The van der Waals surface area contributed by atoms with Crippen molar-refractivity contribution in [3.8, 4) is 0 Å². The lowest BCUT2D eigenvalue weighted by molar-refractivity contribution is -0.117. The number of rotatable bonds is 3. The minimum atomic E-state index is -0.569. The fourth-order valence-electron chi connectivity index (χ4n) is 1.28. The van der Waals surface area contributed by atoms with E-state index in [9.17, 15) is 9.59 Å². The Hall–Kier alpha value is -1.59. The van der Waals surface area contributed by atoms with Gasteiger partial charge in [0.15, 0.2) is 0 Å². The molecular weight excluding hydrogens is 254 g/mol. The normalized spacial score (nSPS) is 11.1. The molecule has 6 heteroatoms. The van der Waals surface area contributed by atoms with Crippen molar-refractivity contribution in [1.29, 1.82) is 0 Å². The molecule has 4 N–H and O–H groups in total. The van der Waals surface area contributed by atoms with E-state index in [0.717, 1.165) is 5.56 Å². The van der Waals surface area contributed by atoms with Crippen LogP contribution in [0, 0.1) is 6.92 Å². The van der Waals surface area contributed by atoms with Crippen LogP contribution in [0.3, 0.4) is 0 Å². The number of anilines is 2. The van der Waals surface area contributed by atoms with Gasteiger partial charge in [-0.1, -0.05) is 6.07 Å². The minimum Gasteiger partial charge on any atom is -0.326 e. The topological polar surface area (TPSA) is 84.2 Å². The smallest absolute Gasteiger partial charge is 0.240 e. The molecule has 2 amide bonds. The van der Waals surface area contributed by atoms with Crippen LogP contribution in [0.25, 0.3) is 0 Å². The van der Waals surface area contributed by atoms with E-state index in [1.165, 1.54) is 6.92 Å². The first-order valence-corrected chi connectivity index (χ1v) is 5.35. The number of benzene rings is 1. The first-order chi connectivity index (χ1) is 7.90. The van der Waals surface area contributed by atoms with Crippen LogP contribution >= 0.6 is 12.4 Å². The Labute approximate surface area is 113 Å². The highest BCUT2D eigenvalue weighted by atomic mass is 35.5. The van der Waals surface area contributed by atoms with Crippen molar-refractivity contribution >= 4 is 35.6 Å². The Morgan fingerprint density at radius 3 is 2.39 bits per heavy atom. The van der Waals surface area contributed by atoms with Crippen molar-refractivity contribution in [2.24, 2.45) is 5.73 Å². The summed E-state index contributed by atoms with van der Waals surface area (Å²) >= 11 is 0. The minimum absolute atomic E-state index is 0. The molecule has 0 radical (unpaired) electrons. The lowest BCUT2D eigenvalue weighted by Crippen LogP contribution is -2.32. The van der Waals surface area contributed by atoms with Crippen molar-refractivity contribution in [2.75, 3.05) is 10.6 Å². The van der Waals surface area contributed by atoms with Gasteiger partial charge in [0.05, 0.1) is 6.04 Å². The fraction of sp³-hybridized carbons (Fsp3) is 0.333. The van der Waals surface area contributed by atoms with Gasteiger partial charge < -0.3 is 16.4 Å². The first-order valence-electron chi connectivity index (χ1n) is 5.35. The molecule has 1 rings (SSSR count). The molecule has 0 spiro atoms. The first kappa shape index (κ1) is 16.4. The van der Waals surface area contributed by atoms with Crippen LogP contribution < -0.4 is 16.4 Å². The fourth-order valence-corrected chi connectivity index (χ4v) is 1.28. The number of nitrogens with one attached hydrogen (secondary N) is 2. The molecule has 1 aromatic rings. The maximum atomic E-state index is 11.4. The zero-order valence-electron chi connectivity index (χ0n) is 10.6. The van der Waals surface area contributed by atoms with E-state index in [4.69, 9.17) is 5.73 Å². The van der Waals surface area contributed by atoms with Crippen LogP contribution in [0.2, 0.25) is 0 Å². The van der Waals surface area contributed by atoms with Crippen molar-refractivity contribution in [3.63, 3.8) is 0 Å². The SMILES string of the molecule is CC(=O)Nc1cc(NC(=O)[C@H](C)N)ccc1C.Cl. The lowest BCUT2D eigenvalue weighted by atomic mass is 10.1. The van der Waals surface area contributed by atoms with Crippen molar-refractivity contribution < 1.29 is 9.59 Å². The number of halogens is 1. The highest BCUT2D eigenvalue weighted by molar-refractivity contribution is 5.96. The number of amides is 2. The van der Waals surface area contributed by atoms with Gasteiger partial charge in [-0.3, -0.25) is 9.59 Å². The number of carbonyl (C=O) groups is 2. The molecule has 0 aromatic heterocycles. The third-order valence-electron chi connectivity index (χ3n) is 2.23. The zero-order valence-corrected chi connectivity index (χ0v) is 11.4. The molecule has 0 aliphatic rings. The second kappa shape index (κ2) is 6.98. The molecule has 0 aliphatic carbocycles. The summed E-state index contributed by atoms with van der Waals surface area (Å²) in [6.45, 7) is 4.92. The van der Waals surface area contributed by atoms with Gasteiger partial charge in [0.25, 0.3) is 0 Å². The number of carbonyl (C=O) groups excluding carboxylic acids is 2. The van der Waals surface area contributed by atoms with E-state index in [-0.39, 0.29) is 24.2 Å². The van der Waals surface area contributed by atoms with Crippen LogP contribution in [-0.4, -0.2) is 17.9 Å². The third-order valence-corrected chi connectivity index (χ3v) is 2.23. The van der Waals surface area contributed by atoms with E-state index in [2.05, 4.69) is 10.6 Å². The molecule has 0 aliphatic heterocycles. The standard InChI is InChI=1S/C12H17N3O2.ClH/c1-7-4-5-10(15-12(17)8(2)13)6-11(7)14-9(3)16;/h4-6,8H,13H2,1-3H3,(H,14,16)(H,15,17);1H/t8-;/m0./s1. The summed E-state index contributed by atoms with van der Waals surface area (Å²) in [5.41, 5.74) is 7.67. The highest BCUT2D eigenvalue weighted by Gasteiger charge is 2.08. The van der Waals surface area contributed by atoms with Gasteiger partial charge in [-0.25, -0.2) is 0 Å². The van der Waals surface area contributed by atoms with Crippen LogP contribution in [0.5, 0.6) is 0 Å². The maximum absolute atomic E-state index is 11.4. The summed E-state index contributed by atoms with van der Waals surface area (Å²) in [5.74, 6) is -0.411. The van der Waals surface area contributed by atoms with Crippen LogP contribution in [0.4, 0.5) is 11.4 Å². The average Bonchev–Trinajstić information content (AvgIpc) is 2.22. The summed E-state index contributed by atoms with van der Waals surface area (Å²) in [6.07, 6.45) is 0. The number of hydrogen-bond acceptors (Lipinski definition) is 3. The molecule has 0 fully saturated rings. The van der Waals surface area contributed by atoms with E-state index in [0.29, 0.717) is 11.4 Å². The Morgan fingerprint density at radius 1 is 1.28 bits per heavy atom. The molecule has 100 valence electrons. The second-order valence-corrected chi connectivity index (χ2v) is 3.99. The van der Waals surface area contributed by atoms with Crippen molar-refractivity contribution in [3.05, 3.63) is 23.8 Å². The Balaban J connectivity index is 0.00000289. The summed E-state index contributed by atoms with van der Waals surface area (Å²) in [5, 5.41) is 5.36. The average molecular weight is 272 g/mol. The van der Waals surface area contributed by atoms with E-state index in [1.807, 2.05) is 13.0 Å². The predicted molar refractivity (Wildman–Crippen MR) is 75.0 cm³/mol. The molecule has 0 saturated carbocycles. The molecule has 0 saturated heterocycles. The zero-order chi connectivity index (χ0) is 13.0. The summed E-state index contributed by atoms with van der Waals surface area (Å²) in [6, 6.07) is 4.72. The van der Waals surface area contributed by atoms with Crippen molar-refractivity contribution in [1.82, 2.24) is 0 Å². The largest absolute Gasteiger partial charge is 0.326 e. The second-order valence-electron chi connectivity index (χ2n) is 3.99. The molecule has 1 aromatic carbocycles. The van der Waals surface area contributed by atoms with E-state index < -0.39 is 6.04 Å². The third kappa shape index (κ3) is 4.73. The van der Waals surface area contributed by atoms with Gasteiger partial charge in [-0.2, -0.15) is 0 Å². The molecule has 18 heavy (non-hydrogen) atoms. The van der Waals surface area contributed by atoms with Gasteiger partial charge in [-0.15, -0.1) is 12.4 Å². The molecular formula is C12H18ClN3O2. The summed E-state index contributed by atoms with van der Waals surface area (Å²) < 4.78 is 0. The summed E-state index contributed by atoms with van der Waals surface area (Å²) in [4.78, 5) is 22.4. The van der Waals surface area contributed by atoms with Crippen LogP contribution in [-0.2, 0) is 9.59 Å². The van der Waals surface area contributed by atoms with Crippen LogP contribution in [0.15, 0.2) is 18.2 Å². The Kier molecular flexibility index (Phi) is 6.36. The van der Waals surface area contributed by atoms with Crippen molar-refractivity contribution in [2.45, 2.75) is 26.8 Å². The van der Waals surface area contributed by atoms with E-state index in [1.54, 1.807) is 19.1 Å². The van der Waals surface area contributed by atoms with Crippen LogP contribution in [0.1, 0.15) is 19.4 Å². The van der Waals surface area contributed by atoms with Gasteiger partial charge in [-0.05, 0) is 31.5 Å². The Bertz CT molecular complexity index is 447. The molecule has 5 nitrogen and oxygen atoms in total. The highest BCUT2D eigenvalue weighted by Crippen LogP contribution is 2.20. The maximum Gasteiger partial charge on any atom is 0.240 e.